The van der Waals surface area contributed by atoms with Gasteiger partial charge in [-0.25, -0.2) is 4.98 Å². The fraction of sp³-hybridized carbons (Fsp3) is 0.217. The van der Waals surface area contributed by atoms with E-state index >= 15 is 0 Å². The van der Waals surface area contributed by atoms with Crippen molar-refractivity contribution in [3.05, 3.63) is 77.9 Å². The van der Waals surface area contributed by atoms with Crippen molar-refractivity contribution in [1.29, 1.82) is 0 Å². The zero-order chi connectivity index (χ0) is 18.9. The van der Waals surface area contributed by atoms with Crippen LogP contribution in [0, 0.1) is 0 Å². The van der Waals surface area contributed by atoms with Gasteiger partial charge >= 0.3 is 0 Å². The minimum atomic E-state index is 0.0242. The van der Waals surface area contributed by atoms with Crippen LogP contribution < -0.4 is 5.32 Å². The van der Waals surface area contributed by atoms with Gasteiger partial charge in [0.1, 0.15) is 5.82 Å². The predicted molar refractivity (Wildman–Crippen MR) is 110 cm³/mol. The molecule has 0 spiro atoms. The van der Waals surface area contributed by atoms with E-state index in [4.69, 9.17) is 4.98 Å². The Morgan fingerprint density at radius 3 is 3.04 bits per heavy atom. The lowest BCUT2D eigenvalue weighted by molar-refractivity contribution is -0.120. The van der Waals surface area contributed by atoms with E-state index in [1.54, 1.807) is 0 Å². The molecule has 0 radical (unpaired) electrons. The molecule has 5 nitrogen and oxygen atoms in total. The van der Waals surface area contributed by atoms with Gasteiger partial charge in [-0.1, -0.05) is 36.4 Å². The van der Waals surface area contributed by atoms with E-state index in [0.717, 1.165) is 46.3 Å². The number of benzene rings is 2. The van der Waals surface area contributed by atoms with Crippen LogP contribution in [-0.4, -0.2) is 20.4 Å². The Morgan fingerprint density at radius 2 is 2.11 bits per heavy atom. The Morgan fingerprint density at radius 1 is 1.18 bits per heavy atom. The van der Waals surface area contributed by atoms with Crippen molar-refractivity contribution < 1.29 is 4.79 Å². The van der Waals surface area contributed by atoms with Crippen LogP contribution in [0.4, 0.5) is 0 Å². The second-order valence-electron chi connectivity index (χ2n) is 7.35. The van der Waals surface area contributed by atoms with E-state index in [2.05, 4.69) is 33.2 Å². The number of aromatic nitrogens is 3. The first kappa shape index (κ1) is 16.8. The summed E-state index contributed by atoms with van der Waals surface area (Å²) in [6.45, 7) is 1.58. The van der Waals surface area contributed by atoms with Crippen molar-refractivity contribution in [2.75, 3.05) is 0 Å². The van der Waals surface area contributed by atoms with E-state index in [1.807, 2.05) is 42.6 Å². The van der Waals surface area contributed by atoms with E-state index < -0.39 is 0 Å². The first-order valence-corrected chi connectivity index (χ1v) is 9.73. The number of aromatic amines is 1. The molecule has 28 heavy (non-hydrogen) atoms. The third-order valence-electron chi connectivity index (χ3n) is 5.40. The normalized spacial score (nSPS) is 13.0. The maximum Gasteiger partial charge on any atom is 0.224 e. The predicted octanol–water partition coefficient (Wildman–Crippen LogP) is 3.84. The maximum atomic E-state index is 12.4. The summed E-state index contributed by atoms with van der Waals surface area (Å²) in [4.78, 5) is 20.4. The maximum absolute atomic E-state index is 12.4. The number of imidazole rings is 1. The Kier molecular flexibility index (Phi) is 4.20. The van der Waals surface area contributed by atoms with Crippen molar-refractivity contribution in [2.24, 2.45) is 0 Å². The standard InChI is InChI=1S/C23H22N4O/c28-23(12-18-14-24-20-8-2-1-7-19(18)20)25-13-16-5-3-6-17(11-16)21-15-27-10-4-9-22(27)26-21/h1-3,5-8,11,14-15,24H,4,9-10,12-13H2,(H,25,28). The van der Waals surface area contributed by atoms with Crippen molar-refractivity contribution >= 4 is 16.8 Å². The van der Waals surface area contributed by atoms with Crippen LogP contribution in [0.3, 0.4) is 0 Å². The van der Waals surface area contributed by atoms with Gasteiger partial charge in [-0.3, -0.25) is 4.79 Å². The Balaban J connectivity index is 1.25. The van der Waals surface area contributed by atoms with Crippen LogP contribution in [0.2, 0.25) is 0 Å². The molecule has 1 amide bonds. The minimum absolute atomic E-state index is 0.0242. The number of hydrogen-bond donors (Lipinski definition) is 2. The summed E-state index contributed by atoms with van der Waals surface area (Å²) in [5.74, 6) is 1.20. The van der Waals surface area contributed by atoms with Crippen molar-refractivity contribution in [3.8, 4) is 11.3 Å². The summed E-state index contributed by atoms with van der Waals surface area (Å²) in [5.41, 5.74) is 5.28. The Hall–Kier alpha value is -3.34. The molecule has 0 atom stereocenters. The molecular weight excluding hydrogens is 348 g/mol. The zero-order valence-corrected chi connectivity index (χ0v) is 15.6. The molecule has 4 aromatic rings. The van der Waals surface area contributed by atoms with E-state index in [9.17, 15) is 4.79 Å². The summed E-state index contributed by atoms with van der Waals surface area (Å²) >= 11 is 0. The number of carbonyl (C=O) groups is 1. The average molecular weight is 370 g/mol. The Labute approximate surface area is 163 Å². The fourth-order valence-electron chi connectivity index (χ4n) is 3.95. The smallest absolute Gasteiger partial charge is 0.224 e. The number of fused-ring (bicyclic) bond motifs is 2. The lowest BCUT2D eigenvalue weighted by Crippen LogP contribution is -2.24. The highest BCUT2D eigenvalue weighted by atomic mass is 16.1. The number of amides is 1. The molecule has 2 N–H and O–H groups in total. The molecule has 2 aromatic heterocycles. The van der Waals surface area contributed by atoms with Crippen molar-refractivity contribution in [3.63, 3.8) is 0 Å². The summed E-state index contributed by atoms with van der Waals surface area (Å²) < 4.78 is 2.24. The summed E-state index contributed by atoms with van der Waals surface area (Å²) in [6, 6.07) is 16.3. The molecule has 5 heteroatoms. The van der Waals surface area contributed by atoms with E-state index in [1.165, 1.54) is 12.2 Å². The SMILES string of the molecule is O=C(Cc1c[nH]c2ccccc12)NCc1cccc(-c2cn3c(n2)CCC3)c1. The third-order valence-corrected chi connectivity index (χ3v) is 5.40. The molecule has 0 saturated heterocycles. The molecule has 3 heterocycles. The number of para-hydroxylation sites is 1. The first-order valence-electron chi connectivity index (χ1n) is 9.73. The van der Waals surface area contributed by atoms with Crippen LogP contribution in [0.25, 0.3) is 22.2 Å². The third kappa shape index (κ3) is 3.20. The second kappa shape index (κ2) is 7.00. The van der Waals surface area contributed by atoms with Crippen LogP contribution in [0.1, 0.15) is 23.4 Å². The molecule has 0 fully saturated rings. The quantitative estimate of drug-likeness (QED) is 0.561. The summed E-state index contributed by atoms with van der Waals surface area (Å²) in [7, 11) is 0. The number of carbonyl (C=O) groups excluding carboxylic acids is 1. The van der Waals surface area contributed by atoms with Gasteiger partial charge in [0.15, 0.2) is 0 Å². The molecule has 0 bridgehead atoms. The summed E-state index contributed by atoms with van der Waals surface area (Å²) in [5, 5.41) is 4.15. The van der Waals surface area contributed by atoms with Gasteiger partial charge in [-0.2, -0.15) is 0 Å². The lowest BCUT2D eigenvalue weighted by Gasteiger charge is -2.07. The van der Waals surface area contributed by atoms with Gasteiger partial charge in [0.25, 0.3) is 0 Å². The minimum Gasteiger partial charge on any atom is -0.361 e. The molecule has 0 aliphatic carbocycles. The number of rotatable bonds is 5. The number of hydrogen-bond acceptors (Lipinski definition) is 2. The van der Waals surface area contributed by atoms with Crippen LogP contribution in [0.15, 0.2) is 60.9 Å². The molecule has 5 rings (SSSR count). The number of H-pyrrole nitrogens is 1. The van der Waals surface area contributed by atoms with Gasteiger partial charge in [-0.05, 0) is 29.7 Å². The molecule has 140 valence electrons. The molecule has 1 aliphatic rings. The van der Waals surface area contributed by atoms with Gasteiger partial charge < -0.3 is 14.9 Å². The lowest BCUT2D eigenvalue weighted by atomic mass is 10.1. The summed E-state index contributed by atoms with van der Waals surface area (Å²) in [6.07, 6.45) is 6.67. The molecule has 0 unspecified atom stereocenters. The van der Waals surface area contributed by atoms with Crippen LogP contribution in [0.5, 0.6) is 0 Å². The van der Waals surface area contributed by atoms with Crippen LogP contribution >= 0.6 is 0 Å². The number of nitrogens with zero attached hydrogens (tertiary/aromatic N) is 2. The van der Waals surface area contributed by atoms with Gasteiger partial charge in [0.05, 0.1) is 12.1 Å². The second-order valence-corrected chi connectivity index (χ2v) is 7.35. The highest BCUT2D eigenvalue weighted by molar-refractivity contribution is 5.88. The number of nitrogens with one attached hydrogen (secondary N) is 2. The van der Waals surface area contributed by atoms with E-state index in [0.29, 0.717) is 13.0 Å². The van der Waals surface area contributed by atoms with Gasteiger partial charge in [0.2, 0.25) is 5.91 Å². The largest absolute Gasteiger partial charge is 0.361 e. The Bertz CT molecular complexity index is 1130. The fourth-order valence-corrected chi connectivity index (χ4v) is 3.95. The average Bonchev–Trinajstić information content (AvgIpc) is 3.42. The highest BCUT2D eigenvalue weighted by Gasteiger charge is 2.15. The van der Waals surface area contributed by atoms with Crippen molar-refractivity contribution in [2.45, 2.75) is 32.4 Å². The van der Waals surface area contributed by atoms with Gasteiger partial charge in [-0.15, -0.1) is 0 Å². The van der Waals surface area contributed by atoms with Crippen molar-refractivity contribution in [1.82, 2.24) is 19.9 Å². The molecular formula is C23H22N4O. The molecule has 2 aromatic carbocycles. The van der Waals surface area contributed by atoms with Crippen LogP contribution in [-0.2, 0) is 30.7 Å². The van der Waals surface area contributed by atoms with Gasteiger partial charge in [0, 0.05) is 48.4 Å². The molecule has 1 aliphatic heterocycles. The zero-order valence-electron chi connectivity index (χ0n) is 15.6. The van der Waals surface area contributed by atoms with E-state index in [-0.39, 0.29) is 5.91 Å². The molecule has 0 saturated carbocycles. The monoisotopic (exact) mass is 370 g/mol. The highest BCUT2D eigenvalue weighted by Crippen LogP contribution is 2.23. The first-order chi connectivity index (χ1) is 13.8. The number of aryl methyl sites for hydroxylation is 2. The topological polar surface area (TPSA) is 62.7 Å².